The van der Waals surface area contributed by atoms with E-state index < -0.39 is 0 Å². The van der Waals surface area contributed by atoms with Crippen LogP contribution < -0.4 is 0 Å². The molecule has 0 radical (unpaired) electrons. The molecule has 0 atom stereocenters. The Morgan fingerprint density at radius 1 is 0.639 bits per heavy atom. The third-order valence-corrected chi connectivity index (χ3v) is 10.00. The second-order valence-corrected chi connectivity index (χ2v) is 12.8. The number of benzene rings is 3. The fourth-order valence-electron chi connectivity index (χ4n) is 6.80. The molecule has 3 aromatic carbocycles. The van der Waals surface area contributed by atoms with E-state index in [1.807, 2.05) is 0 Å². The topological polar surface area (TPSA) is 30.2 Å². The summed E-state index contributed by atoms with van der Waals surface area (Å²) in [7, 11) is 0. The number of nitrogens with zero attached hydrogens (tertiary/aromatic N) is 3. The lowest BCUT2D eigenvalue weighted by molar-refractivity contribution is 0.125. The standard InChI is InChI=1S/C33H37N3/c1-18-11-12-22-25(15-18)34-30(28-20(3)13-19(2)14-21(28)4)36-27-17-24-23(16-26(27)35-29(22)36)31(5,6)33(9,10)32(24,7)8/h11-17H,1-10H3. The van der Waals surface area contributed by atoms with Crippen LogP contribution >= 0.6 is 0 Å². The minimum Gasteiger partial charge on any atom is -0.276 e. The molecule has 184 valence electrons. The molecule has 1 aliphatic carbocycles. The highest BCUT2D eigenvalue weighted by molar-refractivity contribution is 5.99. The second kappa shape index (κ2) is 6.97. The van der Waals surface area contributed by atoms with E-state index in [0.717, 1.165) is 33.4 Å². The van der Waals surface area contributed by atoms with Gasteiger partial charge in [-0.05, 0) is 96.0 Å². The molecular formula is C33H37N3. The lowest BCUT2D eigenvalue weighted by Crippen LogP contribution is -2.42. The zero-order chi connectivity index (χ0) is 25.9. The molecule has 0 amide bonds. The summed E-state index contributed by atoms with van der Waals surface area (Å²) in [6.45, 7) is 23.1. The highest BCUT2D eigenvalue weighted by Crippen LogP contribution is 2.62. The number of rotatable bonds is 1. The zero-order valence-electron chi connectivity index (χ0n) is 23.4. The molecule has 3 nitrogen and oxygen atoms in total. The third kappa shape index (κ3) is 2.75. The molecule has 0 unspecified atom stereocenters. The van der Waals surface area contributed by atoms with Gasteiger partial charge in [0.1, 0.15) is 11.5 Å². The van der Waals surface area contributed by atoms with Gasteiger partial charge >= 0.3 is 0 Å². The molecule has 2 heterocycles. The molecule has 0 N–H and O–H groups in total. The van der Waals surface area contributed by atoms with Crippen molar-refractivity contribution in [2.24, 2.45) is 5.41 Å². The Bertz CT molecular complexity index is 1720. The van der Waals surface area contributed by atoms with E-state index >= 15 is 0 Å². The molecule has 5 aromatic rings. The van der Waals surface area contributed by atoms with E-state index in [-0.39, 0.29) is 16.2 Å². The molecule has 6 rings (SSSR count). The molecule has 36 heavy (non-hydrogen) atoms. The summed E-state index contributed by atoms with van der Waals surface area (Å²) in [6.07, 6.45) is 0. The number of aromatic nitrogens is 3. The highest BCUT2D eigenvalue weighted by atomic mass is 15.1. The Hall–Kier alpha value is -3.20. The average Bonchev–Trinajstić information content (AvgIpc) is 3.19. The van der Waals surface area contributed by atoms with Gasteiger partial charge in [-0.25, -0.2) is 9.97 Å². The van der Waals surface area contributed by atoms with Crippen molar-refractivity contribution in [3.63, 3.8) is 0 Å². The van der Waals surface area contributed by atoms with Gasteiger partial charge in [0.2, 0.25) is 0 Å². The minimum absolute atomic E-state index is 0.0292. The maximum atomic E-state index is 5.32. The summed E-state index contributed by atoms with van der Waals surface area (Å²) in [5.74, 6) is 0.981. The van der Waals surface area contributed by atoms with Gasteiger partial charge in [-0.15, -0.1) is 0 Å². The van der Waals surface area contributed by atoms with E-state index in [9.17, 15) is 0 Å². The monoisotopic (exact) mass is 475 g/mol. The van der Waals surface area contributed by atoms with Crippen LogP contribution in [0.1, 0.15) is 74.9 Å². The van der Waals surface area contributed by atoms with Gasteiger partial charge in [-0.3, -0.25) is 4.40 Å². The predicted molar refractivity (Wildman–Crippen MR) is 152 cm³/mol. The van der Waals surface area contributed by atoms with Gasteiger partial charge in [0.15, 0.2) is 0 Å². The van der Waals surface area contributed by atoms with Crippen molar-refractivity contribution >= 4 is 27.6 Å². The lowest BCUT2D eigenvalue weighted by atomic mass is 9.59. The molecule has 0 saturated carbocycles. The van der Waals surface area contributed by atoms with Gasteiger partial charge in [0.05, 0.1) is 16.6 Å². The van der Waals surface area contributed by atoms with Gasteiger partial charge in [0.25, 0.3) is 0 Å². The Kier molecular flexibility index (Phi) is 4.49. The van der Waals surface area contributed by atoms with Crippen LogP contribution in [-0.2, 0) is 10.8 Å². The second-order valence-electron chi connectivity index (χ2n) is 12.8. The summed E-state index contributed by atoms with van der Waals surface area (Å²) in [5.41, 5.74) is 13.4. The number of aryl methyl sites for hydroxylation is 4. The van der Waals surface area contributed by atoms with Crippen LogP contribution in [0.5, 0.6) is 0 Å². The molecule has 0 spiro atoms. The molecule has 2 aromatic heterocycles. The van der Waals surface area contributed by atoms with E-state index in [4.69, 9.17) is 9.97 Å². The fourth-order valence-corrected chi connectivity index (χ4v) is 6.80. The van der Waals surface area contributed by atoms with Crippen molar-refractivity contribution in [1.29, 1.82) is 0 Å². The summed E-state index contributed by atoms with van der Waals surface area (Å²) in [5, 5.41) is 1.10. The first-order valence-electron chi connectivity index (χ1n) is 13.1. The number of hydrogen-bond acceptors (Lipinski definition) is 2. The molecule has 0 fully saturated rings. The first-order chi connectivity index (χ1) is 16.8. The van der Waals surface area contributed by atoms with Crippen LogP contribution in [0.4, 0.5) is 0 Å². The summed E-state index contributed by atoms with van der Waals surface area (Å²) in [6, 6.07) is 15.9. The van der Waals surface area contributed by atoms with Crippen LogP contribution in [-0.4, -0.2) is 14.4 Å². The Morgan fingerprint density at radius 3 is 1.89 bits per heavy atom. The summed E-state index contributed by atoms with van der Waals surface area (Å²) >= 11 is 0. The number of fused-ring (bicyclic) bond motifs is 6. The molecule has 1 aliphatic rings. The zero-order valence-corrected chi connectivity index (χ0v) is 23.4. The highest BCUT2D eigenvalue weighted by Gasteiger charge is 2.57. The molecular weight excluding hydrogens is 438 g/mol. The van der Waals surface area contributed by atoms with E-state index in [0.29, 0.717) is 0 Å². The van der Waals surface area contributed by atoms with E-state index in [2.05, 4.69) is 116 Å². The van der Waals surface area contributed by atoms with E-state index in [1.165, 1.54) is 38.9 Å². The van der Waals surface area contributed by atoms with Crippen molar-refractivity contribution in [2.45, 2.75) is 80.1 Å². The first kappa shape index (κ1) is 23.2. The van der Waals surface area contributed by atoms with Crippen LogP contribution in [0.3, 0.4) is 0 Å². The maximum Gasteiger partial charge on any atom is 0.149 e. The van der Waals surface area contributed by atoms with Crippen LogP contribution in [0.25, 0.3) is 39.0 Å². The fraction of sp³-hybridized carbons (Fsp3) is 0.394. The molecule has 3 heteroatoms. The average molecular weight is 476 g/mol. The van der Waals surface area contributed by atoms with Crippen LogP contribution in [0, 0.1) is 33.1 Å². The molecule has 0 aliphatic heterocycles. The van der Waals surface area contributed by atoms with Gasteiger partial charge in [-0.2, -0.15) is 0 Å². The first-order valence-corrected chi connectivity index (χ1v) is 13.1. The van der Waals surface area contributed by atoms with Crippen molar-refractivity contribution in [2.75, 3.05) is 0 Å². The smallest absolute Gasteiger partial charge is 0.149 e. The van der Waals surface area contributed by atoms with Crippen molar-refractivity contribution in [3.05, 3.63) is 75.8 Å². The quantitative estimate of drug-likeness (QED) is 0.243. The van der Waals surface area contributed by atoms with Gasteiger partial charge < -0.3 is 0 Å². The van der Waals surface area contributed by atoms with Crippen molar-refractivity contribution in [3.8, 4) is 11.4 Å². The summed E-state index contributed by atoms with van der Waals surface area (Å²) < 4.78 is 2.33. The Balaban J connectivity index is 1.82. The van der Waals surface area contributed by atoms with Crippen molar-refractivity contribution in [1.82, 2.24) is 14.4 Å². The van der Waals surface area contributed by atoms with Gasteiger partial charge in [-0.1, -0.05) is 65.3 Å². The SMILES string of the molecule is Cc1cc(C)c(-c2nc3cc(C)ccc3c3nc4cc5c(cc4n23)C(C)(C)C(C)(C)C5(C)C)c(C)c1. The Labute approximate surface area is 214 Å². The molecule has 0 bridgehead atoms. The van der Waals surface area contributed by atoms with Crippen LogP contribution in [0.2, 0.25) is 0 Å². The minimum atomic E-state index is 0.0292. The Morgan fingerprint density at radius 2 is 1.25 bits per heavy atom. The van der Waals surface area contributed by atoms with Crippen LogP contribution in [0.15, 0.2) is 42.5 Å². The number of hydrogen-bond donors (Lipinski definition) is 0. The largest absolute Gasteiger partial charge is 0.276 e. The van der Waals surface area contributed by atoms with Crippen molar-refractivity contribution < 1.29 is 0 Å². The normalized spacial score (nSPS) is 17.8. The lowest BCUT2D eigenvalue weighted by Gasteiger charge is -2.44. The van der Waals surface area contributed by atoms with E-state index in [1.54, 1.807) is 0 Å². The summed E-state index contributed by atoms with van der Waals surface area (Å²) in [4.78, 5) is 10.6. The predicted octanol–water partition coefficient (Wildman–Crippen LogP) is 8.53. The maximum absolute atomic E-state index is 5.32. The van der Waals surface area contributed by atoms with Gasteiger partial charge in [0, 0.05) is 10.9 Å². The number of imidazole rings is 1. The third-order valence-electron chi connectivity index (χ3n) is 10.00. The molecule has 0 saturated heterocycles.